The lowest BCUT2D eigenvalue weighted by Gasteiger charge is -2.10. The van der Waals surface area contributed by atoms with E-state index >= 15 is 0 Å². The van der Waals surface area contributed by atoms with Gasteiger partial charge in [-0.3, -0.25) is 10.1 Å². The van der Waals surface area contributed by atoms with Crippen LogP contribution in [0.4, 0.5) is 11.5 Å². The van der Waals surface area contributed by atoms with Crippen LogP contribution >= 0.6 is 0 Å². The highest BCUT2D eigenvalue weighted by Crippen LogP contribution is 2.24. The zero-order chi connectivity index (χ0) is 14.8. The first-order chi connectivity index (χ1) is 9.41. The molecule has 0 saturated carbocycles. The minimum absolute atomic E-state index is 0.0540. The van der Waals surface area contributed by atoms with Crippen LogP contribution in [-0.2, 0) is 9.84 Å². The molecule has 0 radical (unpaired) electrons. The van der Waals surface area contributed by atoms with Crippen LogP contribution < -0.4 is 5.32 Å². The Hall–Kier alpha value is -2.21. The molecule has 0 aliphatic carbocycles. The Morgan fingerprint density at radius 2 is 2.35 bits per heavy atom. The van der Waals surface area contributed by atoms with Crippen LogP contribution in [0.5, 0.6) is 0 Å². The molecule has 2 heterocycles. The molecule has 0 amide bonds. The van der Waals surface area contributed by atoms with Crippen LogP contribution in [0.1, 0.15) is 12.0 Å². The number of hydrogen-bond donors (Lipinski definition) is 1. The maximum Gasteiger partial charge on any atom is 0.312 e. The van der Waals surface area contributed by atoms with Crippen LogP contribution in [0.25, 0.3) is 0 Å². The van der Waals surface area contributed by atoms with Gasteiger partial charge in [-0.2, -0.15) is 5.26 Å². The predicted molar refractivity (Wildman–Crippen MR) is 70.9 cm³/mol. The van der Waals surface area contributed by atoms with Gasteiger partial charge in [0.1, 0.15) is 6.07 Å². The second kappa shape index (κ2) is 5.42. The van der Waals surface area contributed by atoms with Crippen LogP contribution in [0.2, 0.25) is 0 Å². The Balaban J connectivity index is 2.10. The molecule has 1 saturated heterocycles. The van der Waals surface area contributed by atoms with E-state index in [-0.39, 0.29) is 34.5 Å². The molecule has 1 N–H and O–H groups in total. The van der Waals surface area contributed by atoms with Crippen molar-refractivity contribution < 1.29 is 13.3 Å². The van der Waals surface area contributed by atoms with Crippen molar-refractivity contribution in [2.24, 2.45) is 5.92 Å². The lowest BCUT2D eigenvalue weighted by molar-refractivity contribution is -0.384. The zero-order valence-electron chi connectivity index (χ0n) is 10.4. The third kappa shape index (κ3) is 3.21. The molecule has 9 heteroatoms. The van der Waals surface area contributed by atoms with E-state index in [0.29, 0.717) is 13.0 Å². The van der Waals surface area contributed by atoms with Gasteiger partial charge < -0.3 is 5.32 Å². The summed E-state index contributed by atoms with van der Waals surface area (Å²) in [5.41, 5.74) is -0.185. The van der Waals surface area contributed by atoms with Crippen molar-refractivity contribution >= 4 is 21.3 Å². The first-order valence-electron chi connectivity index (χ1n) is 5.90. The molecule has 1 aromatic rings. The van der Waals surface area contributed by atoms with Gasteiger partial charge in [-0.1, -0.05) is 0 Å². The molecule has 20 heavy (non-hydrogen) atoms. The number of hydrogen-bond acceptors (Lipinski definition) is 7. The number of nitriles is 1. The van der Waals surface area contributed by atoms with E-state index < -0.39 is 14.8 Å². The fraction of sp³-hybridized carbons (Fsp3) is 0.455. The summed E-state index contributed by atoms with van der Waals surface area (Å²) >= 11 is 0. The van der Waals surface area contributed by atoms with Gasteiger partial charge in [0.2, 0.25) is 5.82 Å². The van der Waals surface area contributed by atoms with E-state index in [1.807, 2.05) is 0 Å². The lowest BCUT2D eigenvalue weighted by atomic mass is 10.1. The van der Waals surface area contributed by atoms with Crippen LogP contribution in [0.15, 0.2) is 12.3 Å². The predicted octanol–water partition coefficient (Wildman–Crippen LogP) is 0.708. The van der Waals surface area contributed by atoms with Crippen molar-refractivity contribution in [1.82, 2.24) is 4.98 Å². The van der Waals surface area contributed by atoms with E-state index in [9.17, 15) is 18.5 Å². The van der Waals surface area contributed by atoms with Gasteiger partial charge in [0, 0.05) is 18.8 Å². The number of rotatable bonds is 4. The van der Waals surface area contributed by atoms with Crippen molar-refractivity contribution in [2.45, 2.75) is 6.42 Å². The van der Waals surface area contributed by atoms with E-state index in [2.05, 4.69) is 10.3 Å². The minimum Gasteiger partial charge on any atom is -0.364 e. The smallest absolute Gasteiger partial charge is 0.312 e. The van der Waals surface area contributed by atoms with Gasteiger partial charge in [0.05, 0.1) is 22.0 Å². The number of pyridine rings is 1. The summed E-state index contributed by atoms with van der Waals surface area (Å²) in [7, 11) is -2.97. The molecular formula is C11H12N4O4S. The number of nitrogens with one attached hydrogen (secondary N) is 1. The van der Waals surface area contributed by atoms with Crippen LogP contribution in [0, 0.1) is 27.4 Å². The summed E-state index contributed by atoms with van der Waals surface area (Å²) in [6.07, 6.45) is 1.78. The Morgan fingerprint density at radius 1 is 1.60 bits per heavy atom. The van der Waals surface area contributed by atoms with E-state index in [0.717, 1.165) is 6.07 Å². The molecule has 1 fully saturated rings. The highest BCUT2D eigenvalue weighted by molar-refractivity contribution is 7.91. The fourth-order valence-electron chi connectivity index (χ4n) is 2.06. The highest BCUT2D eigenvalue weighted by atomic mass is 32.2. The summed E-state index contributed by atoms with van der Waals surface area (Å²) in [5.74, 6) is 0.224. The molecule has 1 aliphatic heterocycles. The molecule has 0 bridgehead atoms. The molecule has 1 atom stereocenters. The molecule has 8 nitrogen and oxygen atoms in total. The van der Waals surface area contributed by atoms with Gasteiger partial charge in [0.15, 0.2) is 9.84 Å². The highest BCUT2D eigenvalue weighted by Gasteiger charge is 2.28. The van der Waals surface area contributed by atoms with Gasteiger partial charge in [0.25, 0.3) is 0 Å². The molecular weight excluding hydrogens is 284 g/mol. The molecule has 1 aliphatic rings. The van der Waals surface area contributed by atoms with E-state index in [4.69, 9.17) is 5.26 Å². The largest absolute Gasteiger partial charge is 0.364 e. The van der Waals surface area contributed by atoms with E-state index in [1.165, 1.54) is 6.20 Å². The minimum atomic E-state index is -2.97. The Labute approximate surface area is 115 Å². The summed E-state index contributed by atoms with van der Waals surface area (Å²) in [4.78, 5) is 14.1. The third-order valence-corrected chi connectivity index (χ3v) is 4.92. The monoisotopic (exact) mass is 296 g/mol. The molecule has 0 aromatic carbocycles. The van der Waals surface area contributed by atoms with Gasteiger partial charge in [-0.15, -0.1) is 0 Å². The summed E-state index contributed by atoms with van der Waals surface area (Å²) in [6.45, 7) is 0.305. The Kier molecular flexibility index (Phi) is 3.85. The number of sulfone groups is 1. The average Bonchev–Trinajstić information content (AvgIpc) is 2.75. The summed E-state index contributed by atoms with van der Waals surface area (Å²) < 4.78 is 22.6. The Bertz CT molecular complexity index is 680. The normalized spacial score (nSPS) is 20.2. The van der Waals surface area contributed by atoms with Crippen molar-refractivity contribution in [3.05, 3.63) is 27.9 Å². The summed E-state index contributed by atoms with van der Waals surface area (Å²) in [6, 6.07) is 2.92. The van der Waals surface area contributed by atoms with Crippen molar-refractivity contribution in [2.75, 3.05) is 23.4 Å². The quantitative estimate of drug-likeness (QED) is 0.640. The Morgan fingerprint density at radius 3 is 2.90 bits per heavy atom. The molecule has 2 rings (SSSR count). The number of nitro groups is 1. The average molecular weight is 296 g/mol. The molecule has 1 aromatic heterocycles. The molecule has 106 valence electrons. The van der Waals surface area contributed by atoms with Crippen LogP contribution in [0.3, 0.4) is 0 Å². The van der Waals surface area contributed by atoms with Crippen LogP contribution in [-0.4, -0.2) is 36.4 Å². The van der Waals surface area contributed by atoms with Crippen molar-refractivity contribution in [1.29, 1.82) is 5.26 Å². The first kappa shape index (κ1) is 14.2. The maximum absolute atomic E-state index is 11.3. The third-order valence-electron chi connectivity index (χ3n) is 3.08. The number of anilines is 1. The lowest BCUT2D eigenvalue weighted by Crippen LogP contribution is -2.17. The first-order valence-corrected chi connectivity index (χ1v) is 7.72. The van der Waals surface area contributed by atoms with Gasteiger partial charge in [-0.25, -0.2) is 13.4 Å². The molecule has 1 unspecified atom stereocenters. The number of nitrogens with zero attached hydrogens (tertiary/aromatic N) is 3. The van der Waals surface area contributed by atoms with Crippen molar-refractivity contribution in [3.63, 3.8) is 0 Å². The SMILES string of the molecule is N#Cc1cnc(NCC2CCS(=O)(=O)C2)c([N+](=O)[O-])c1. The zero-order valence-corrected chi connectivity index (χ0v) is 11.3. The second-order valence-corrected chi connectivity index (χ2v) is 6.84. The topological polar surface area (TPSA) is 126 Å². The van der Waals surface area contributed by atoms with Gasteiger partial charge >= 0.3 is 5.69 Å². The number of aromatic nitrogens is 1. The summed E-state index contributed by atoms with van der Waals surface area (Å²) in [5, 5.41) is 22.4. The molecule has 0 spiro atoms. The standard InChI is InChI=1S/C11H12N4O4S/c12-4-9-3-10(15(16)17)11(14-6-9)13-5-8-1-2-20(18,19)7-8/h3,6,8H,1-2,5,7H2,(H,13,14). The second-order valence-electron chi connectivity index (χ2n) is 4.61. The maximum atomic E-state index is 11.3. The van der Waals surface area contributed by atoms with Crippen molar-refractivity contribution in [3.8, 4) is 6.07 Å². The van der Waals surface area contributed by atoms with Gasteiger partial charge in [-0.05, 0) is 12.3 Å². The fourth-order valence-corrected chi connectivity index (χ4v) is 3.93. The van der Waals surface area contributed by atoms with E-state index in [1.54, 1.807) is 6.07 Å².